The highest BCUT2D eigenvalue weighted by atomic mass is 35.5. The molecule has 0 unspecified atom stereocenters. The van der Waals surface area contributed by atoms with Crippen LogP contribution in [-0.4, -0.2) is 24.5 Å². The predicted molar refractivity (Wildman–Crippen MR) is 141 cm³/mol. The molecule has 8 heteroatoms. The van der Waals surface area contributed by atoms with E-state index in [9.17, 15) is 9.59 Å². The zero-order chi connectivity index (χ0) is 24.8. The van der Waals surface area contributed by atoms with Gasteiger partial charge in [0.05, 0.1) is 17.9 Å². The number of nitrogens with one attached hydrogen (secondary N) is 2. The van der Waals surface area contributed by atoms with E-state index in [1.54, 1.807) is 31.2 Å². The maximum atomic E-state index is 13.6. The van der Waals surface area contributed by atoms with Crippen LogP contribution in [0.4, 0.5) is 10.7 Å². The minimum Gasteiger partial charge on any atom is -0.492 e. The van der Waals surface area contributed by atoms with Crippen molar-refractivity contribution < 1.29 is 19.1 Å². The normalized spacial score (nSPS) is 13.8. The smallest absolute Gasteiger partial charge is 0.265 e. The van der Waals surface area contributed by atoms with E-state index in [1.165, 1.54) is 11.3 Å². The first-order valence-corrected chi connectivity index (χ1v) is 13.1. The second-order valence-corrected chi connectivity index (χ2v) is 9.90. The van der Waals surface area contributed by atoms with Crippen LogP contribution in [0.3, 0.4) is 0 Å². The molecule has 1 aliphatic rings. The van der Waals surface area contributed by atoms with Gasteiger partial charge >= 0.3 is 0 Å². The lowest BCUT2D eigenvalue weighted by Crippen LogP contribution is -2.30. The fraction of sp³-hybridized carbons (Fsp3) is 0.333. The molecule has 2 amide bonds. The first-order chi connectivity index (χ1) is 17.0. The molecule has 1 heterocycles. The summed E-state index contributed by atoms with van der Waals surface area (Å²) in [6.45, 7) is 4.07. The predicted octanol–water partition coefficient (Wildman–Crippen LogP) is 6.73. The Kier molecular flexibility index (Phi) is 8.31. The van der Waals surface area contributed by atoms with Crippen molar-refractivity contribution in [2.45, 2.75) is 52.1 Å². The van der Waals surface area contributed by atoms with Gasteiger partial charge in [0.2, 0.25) is 0 Å². The number of ether oxygens (including phenoxy) is 2. The molecule has 2 N–H and O–H groups in total. The molecule has 0 radical (unpaired) electrons. The van der Waals surface area contributed by atoms with Gasteiger partial charge in [-0.2, -0.15) is 0 Å². The number of thiophene rings is 1. The fourth-order valence-corrected chi connectivity index (χ4v) is 5.59. The molecule has 4 rings (SSSR count). The molecular formula is C27H29ClN2O4S. The average molecular weight is 513 g/mol. The van der Waals surface area contributed by atoms with E-state index in [0.29, 0.717) is 39.4 Å². The number of carbonyl (C=O) groups is 2. The summed E-state index contributed by atoms with van der Waals surface area (Å²) in [5, 5.41) is 7.04. The first kappa shape index (κ1) is 25.1. The minimum atomic E-state index is -0.773. The summed E-state index contributed by atoms with van der Waals surface area (Å²) in [7, 11) is 0. The molecule has 0 fully saturated rings. The Hall–Kier alpha value is -3.03. The number of carbonyl (C=O) groups excluding carboxylic acids is 2. The summed E-state index contributed by atoms with van der Waals surface area (Å²) in [4.78, 5) is 27.8. The zero-order valence-corrected chi connectivity index (χ0v) is 21.4. The van der Waals surface area contributed by atoms with Gasteiger partial charge < -0.3 is 20.1 Å². The number of amides is 2. The molecule has 0 saturated carbocycles. The van der Waals surface area contributed by atoms with E-state index in [4.69, 9.17) is 21.1 Å². The van der Waals surface area contributed by atoms with Crippen molar-refractivity contribution in [3.05, 3.63) is 69.6 Å². The van der Waals surface area contributed by atoms with Gasteiger partial charge in [-0.25, -0.2) is 0 Å². The number of aryl methyl sites for hydroxylation is 1. The summed E-state index contributed by atoms with van der Waals surface area (Å²) in [6.07, 6.45) is 4.16. The molecule has 0 aliphatic heterocycles. The molecular weight excluding hydrogens is 484 g/mol. The zero-order valence-electron chi connectivity index (χ0n) is 19.9. The summed E-state index contributed by atoms with van der Waals surface area (Å²) in [5.41, 5.74) is 2.15. The topological polar surface area (TPSA) is 76.7 Å². The van der Waals surface area contributed by atoms with Crippen LogP contribution in [0.5, 0.6) is 11.5 Å². The highest BCUT2D eigenvalue weighted by molar-refractivity contribution is 7.17. The number of rotatable bonds is 8. The Morgan fingerprint density at radius 2 is 1.86 bits per heavy atom. The number of halogens is 1. The van der Waals surface area contributed by atoms with Gasteiger partial charge in [0, 0.05) is 9.90 Å². The van der Waals surface area contributed by atoms with E-state index >= 15 is 0 Å². The SMILES string of the molecule is CCOc1ccccc1NC(=O)c1c(NC(=O)[C@@H](C)Oc2cccc(Cl)c2)sc2c1CCCCC2. The van der Waals surface area contributed by atoms with Gasteiger partial charge in [0.15, 0.2) is 6.10 Å². The van der Waals surface area contributed by atoms with Crippen LogP contribution in [0.1, 0.15) is 53.9 Å². The van der Waals surface area contributed by atoms with Crippen LogP contribution in [0.15, 0.2) is 48.5 Å². The molecule has 0 bridgehead atoms. The molecule has 0 saturated heterocycles. The number of para-hydroxylation sites is 2. The average Bonchev–Trinajstić information content (AvgIpc) is 3.00. The maximum absolute atomic E-state index is 13.6. The largest absolute Gasteiger partial charge is 0.492 e. The lowest BCUT2D eigenvalue weighted by molar-refractivity contribution is -0.122. The summed E-state index contributed by atoms with van der Waals surface area (Å²) in [5.74, 6) is 0.534. The van der Waals surface area contributed by atoms with Gasteiger partial charge in [-0.3, -0.25) is 9.59 Å². The van der Waals surface area contributed by atoms with Crippen LogP contribution in [0.2, 0.25) is 5.02 Å². The van der Waals surface area contributed by atoms with Crippen LogP contribution < -0.4 is 20.1 Å². The first-order valence-electron chi connectivity index (χ1n) is 11.9. The Balaban J connectivity index is 1.59. The Labute approximate surface area is 214 Å². The van der Waals surface area contributed by atoms with Crippen molar-refractivity contribution in [3.63, 3.8) is 0 Å². The van der Waals surface area contributed by atoms with Gasteiger partial charge in [-0.1, -0.05) is 36.2 Å². The third-order valence-corrected chi connectivity index (χ3v) is 7.24. The number of fused-ring (bicyclic) bond motifs is 1. The second-order valence-electron chi connectivity index (χ2n) is 8.36. The van der Waals surface area contributed by atoms with Crippen molar-refractivity contribution in [1.82, 2.24) is 0 Å². The number of anilines is 2. The van der Waals surface area contributed by atoms with Gasteiger partial charge in [0.1, 0.15) is 16.5 Å². The summed E-state index contributed by atoms with van der Waals surface area (Å²) < 4.78 is 11.5. The molecule has 0 spiro atoms. The quantitative estimate of drug-likeness (QED) is 0.328. The highest BCUT2D eigenvalue weighted by Crippen LogP contribution is 2.38. The molecule has 184 valence electrons. The van der Waals surface area contributed by atoms with Gasteiger partial charge in [0.25, 0.3) is 11.8 Å². The number of benzene rings is 2. The minimum absolute atomic E-state index is 0.254. The Bertz CT molecular complexity index is 1210. The lowest BCUT2D eigenvalue weighted by atomic mass is 10.0. The van der Waals surface area contributed by atoms with E-state index in [-0.39, 0.29) is 11.8 Å². The third kappa shape index (κ3) is 6.16. The summed E-state index contributed by atoms with van der Waals surface area (Å²) in [6, 6.07) is 14.3. The number of hydrogen-bond acceptors (Lipinski definition) is 5. The van der Waals surface area contributed by atoms with Crippen LogP contribution in [0.25, 0.3) is 0 Å². The number of hydrogen-bond donors (Lipinski definition) is 2. The molecule has 1 atom stereocenters. The van der Waals surface area contributed by atoms with Crippen molar-refractivity contribution in [1.29, 1.82) is 0 Å². The molecule has 2 aromatic carbocycles. The molecule has 1 aliphatic carbocycles. The highest BCUT2D eigenvalue weighted by Gasteiger charge is 2.27. The molecule has 35 heavy (non-hydrogen) atoms. The second kappa shape index (κ2) is 11.6. The Morgan fingerprint density at radius 3 is 2.66 bits per heavy atom. The van der Waals surface area contributed by atoms with E-state index < -0.39 is 6.10 Å². The van der Waals surface area contributed by atoms with E-state index in [0.717, 1.165) is 42.5 Å². The van der Waals surface area contributed by atoms with Crippen LogP contribution >= 0.6 is 22.9 Å². The molecule has 6 nitrogen and oxygen atoms in total. The fourth-order valence-electron chi connectivity index (χ4n) is 4.12. The van der Waals surface area contributed by atoms with Gasteiger partial charge in [-0.05, 0) is 75.4 Å². The van der Waals surface area contributed by atoms with Gasteiger partial charge in [-0.15, -0.1) is 11.3 Å². The third-order valence-electron chi connectivity index (χ3n) is 5.80. The van der Waals surface area contributed by atoms with Crippen LogP contribution in [0, 0.1) is 0 Å². The monoisotopic (exact) mass is 512 g/mol. The van der Waals surface area contributed by atoms with Crippen molar-refractivity contribution in [2.75, 3.05) is 17.2 Å². The molecule has 3 aromatic rings. The van der Waals surface area contributed by atoms with E-state index in [1.807, 2.05) is 31.2 Å². The lowest BCUT2D eigenvalue weighted by Gasteiger charge is -2.16. The van der Waals surface area contributed by atoms with E-state index in [2.05, 4.69) is 10.6 Å². The van der Waals surface area contributed by atoms with Crippen molar-refractivity contribution in [3.8, 4) is 11.5 Å². The standard InChI is InChI=1S/C27H29ClN2O4S/c1-3-33-22-14-8-7-13-21(22)29-26(32)24-20-12-5-4-6-15-23(20)35-27(24)30-25(31)17(2)34-19-11-9-10-18(28)16-19/h7-11,13-14,16-17H,3-6,12,15H2,1-2H3,(H,29,32)(H,30,31)/t17-/m1/s1. The van der Waals surface area contributed by atoms with Crippen molar-refractivity contribution in [2.24, 2.45) is 0 Å². The Morgan fingerprint density at radius 1 is 1.06 bits per heavy atom. The summed E-state index contributed by atoms with van der Waals surface area (Å²) >= 11 is 7.51. The van der Waals surface area contributed by atoms with Crippen molar-refractivity contribution >= 4 is 45.4 Å². The maximum Gasteiger partial charge on any atom is 0.265 e. The molecule has 1 aromatic heterocycles. The van der Waals surface area contributed by atoms with Crippen LogP contribution in [-0.2, 0) is 17.6 Å².